The molecule has 1 amide bonds. The zero-order valence-electron chi connectivity index (χ0n) is 11.9. The van der Waals surface area contributed by atoms with E-state index in [4.69, 9.17) is 0 Å². The molecule has 1 heterocycles. The molecule has 0 spiro atoms. The molecule has 3 aromatic rings. The summed E-state index contributed by atoms with van der Waals surface area (Å²) < 4.78 is 14.0. The van der Waals surface area contributed by atoms with Crippen molar-refractivity contribution in [3.63, 3.8) is 0 Å². The summed E-state index contributed by atoms with van der Waals surface area (Å²) in [5.41, 5.74) is -0.179. The van der Waals surface area contributed by atoms with E-state index in [9.17, 15) is 14.0 Å². The van der Waals surface area contributed by atoms with Crippen LogP contribution < -0.4 is 10.9 Å². The van der Waals surface area contributed by atoms with Crippen molar-refractivity contribution < 1.29 is 9.18 Å². The zero-order chi connectivity index (χ0) is 16.2. The van der Waals surface area contributed by atoms with Gasteiger partial charge in [-0.05, 0) is 18.2 Å². The van der Waals surface area contributed by atoms with Crippen LogP contribution >= 0.6 is 11.8 Å². The molecule has 0 aliphatic rings. The average molecular weight is 329 g/mol. The van der Waals surface area contributed by atoms with Crippen LogP contribution in [-0.2, 0) is 4.79 Å². The minimum Gasteiger partial charge on any atom is -0.323 e. The van der Waals surface area contributed by atoms with E-state index >= 15 is 0 Å². The van der Waals surface area contributed by atoms with Gasteiger partial charge in [0.2, 0.25) is 5.91 Å². The largest absolute Gasteiger partial charge is 0.323 e. The minimum atomic E-state index is -0.631. The van der Waals surface area contributed by atoms with E-state index in [0.29, 0.717) is 0 Å². The highest BCUT2D eigenvalue weighted by Crippen LogP contribution is 2.21. The monoisotopic (exact) mass is 329 g/mol. The Hall–Kier alpha value is -2.67. The first-order chi connectivity index (χ1) is 11.1. The molecule has 3 rings (SSSR count). The molecule has 0 aliphatic carbocycles. The second-order valence-electron chi connectivity index (χ2n) is 4.73. The molecule has 116 valence electrons. The van der Waals surface area contributed by atoms with Gasteiger partial charge >= 0.3 is 0 Å². The van der Waals surface area contributed by atoms with Crippen molar-refractivity contribution in [2.45, 2.75) is 4.90 Å². The molecule has 0 saturated carbocycles. The van der Waals surface area contributed by atoms with Gasteiger partial charge in [0, 0.05) is 11.0 Å². The third kappa shape index (κ3) is 3.57. The van der Waals surface area contributed by atoms with E-state index in [2.05, 4.69) is 15.3 Å². The van der Waals surface area contributed by atoms with Gasteiger partial charge < -0.3 is 10.3 Å². The summed E-state index contributed by atoms with van der Waals surface area (Å²) in [5, 5.41) is 2.71. The van der Waals surface area contributed by atoms with Crippen LogP contribution in [0.1, 0.15) is 0 Å². The summed E-state index contributed by atoms with van der Waals surface area (Å²) in [4.78, 5) is 30.9. The minimum absolute atomic E-state index is 0.0327. The van der Waals surface area contributed by atoms with Crippen molar-refractivity contribution >= 4 is 34.3 Å². The summed E-state index contributed by atoms with van der Waals surface area (Å²) in [6.45, 7) is 0. The SMILES string of the molecule is O=C(CSc1ccccc1)Nc1cc2c(=O)[nH]cnc2cc1F. The Labute approximate surface area is 135 Å². The average Bonchev–Trinajstić information content (AvgIpc) is 2.55. The second kappa shape index (κ2) is 6.62. The number of hydrogen-bond donors (Lipinski definition) is 2. The summed E-state index contributed by atoms with van der Waals surface area (Å²) in [6.07, 6.45) is 1.21. The molecule has 23 heavy (non-hydrogen) atoms. The standard InChI is InChI=1S/C16H12FN3O2S/c17-12-7-13-11(16(22)19-9-18-13)6-14(12)20-15(21)8-23-10-4-2-1-3-5-10/h1-7,9H,8H2,(H,20,21)(H,18,19,22). The highest BCUT2D eigenvalue weighted by Gasteiger charge is 2.11. The molecule has 7 heteroatoms. The van der Waals surface area contributed by atoms with Gasteiger partial charge in [-0.15, -0.1) is 11.8 Å². The Morgan fingerprint density at radius 3 is 2.83 bits per heavy atom. The first-order valence-electron chi connectivity index (χ1n) is 6.78. The molecular weight excluding hydrogens is 317 g/mol. The number of nitrogens with zero attached hydrogens (tertiary/aromatic N) is 1. The fourth-order valence-corrected chi connectivity index (χ4v) is 2.76. The lowest BCUT2D eigenvalue weighted by Gasteiger charge is -2.07. The molecule has 2 aromatic carbocycles. The van der Waals surface area contributed by atoms with Gasteiger partial charge in [-0.2, -0.15) is 0 Å². The van der Waals surface area contributed by atoms with Crippen molar-refractivity contribution in [3.05, 3.63) is 65.0 Å². The molecule has 5 nitrogen and oxygen atoms in total. The summed E-state index contributed by atoms with van der Waals surface area (Å²) in [6, 6.07) is 11.8. The molecule has 0 fully saturated rings. The van der Waals surface area contributed by atoms with E-state index in [0.717, 1.165) is 11.0 Å². The summed E-state index contributed by atoms with van der Waals surface area (Å²) >= 11 is 1.35. The lowest BCUT2D eigenvalue weighted by molar-refractivity contribution is -0.113. The predicted molar refractivity (Wildman–Crippen MR) is 88.1 cm³/mol. The fraction of sp³-hybridized carbons (Fsp3) is 0.0625. The van der Waals surface area contributed by atoms with Gasteiger partial charge in [-0.1, -0.05) is 18.2 Å². The van der Waals surface area contributed by atoms with Crippen molar-refractivity contribution in [1.29, 1.82) is 0 Å². The Bertz CT molecular complexity index is 912. The topological polar surface area (TPSA) is 74.8 Å². The number of anilines is 1. The van der Waals surface area contributed by atoms with Crippen molar-refractivity contribution in [3.8, 4) is 0 Å². The van der Waals surface area contributed by atoms with Crippen LogP contribution in [0.5, 0.6) is 0 Å². The van der Waals surface area contributed by atoms with Crippen LogP contribution in [0.4, 0.5) is 10.1 Å². The summed E-state index contributed by atoms with van der Waals surface area (Å²) in [5.74, 6) is -0.837. The molecule has 0 radical (unpaired) electrons. The Balaban J connectivity index is 1.75. The van der Waals surface area contributed by atoms with Gasteiger partial charge in [-0.25, -0.2) is 9.37 Å². The maximum Gasteiger partial charge on any atom is 0.258 e. The molecule has 0 bridgehead atoms. The predicted octanol–water partition coefficient (Wildman–Crippen LogP) is 2.79. The zero-order valence-corrected chi connectivity index (χ0v) is 12.7. The third-order valence-electron chi connectivity index (χ3n) is 3.12. The van der Waals surface area contributed by atoms with Crippen LogP contribution in [0.15, 0.2) is 58.5 Å². The third-order valence-corrected chi connectivity index (χ3v) is 4.13. The van der Waals surface area contributed by atoms with Crippen molar-refractivity contribution in [2.24, 2.45) is 0 Å². The number of carbonyl (C=O) groups excluding carboxylic acids is 1. The van der Waals surface area contributed by atoms with Gasteiger partial charge in [0.15, 0.2) is 0 Å². The second-order valence-corrected chi connectivity index (χ2v) is 5.78. The lowest BCUT2D eigenvalue weighted by Crippen LogP contribution is -2.16. The fourth-order valence-electron chi connectivity index (χ4n) is 2.04. The Kier molecular flexibility index (Phi) is 4.38. The lowest BCUT2D eigenvalue weighted by atomic mass is 10.2. The number of amides is 1. The maximum absolute atomic E-state index is 14.0. The number of halogens is 1. The molecular formula is C16H12FN3O2S. The van der Waals surface area contributed by atoms with E-state index in [1.807, 2.05) is 30.3 Å². The van der Waals surface area contributed by atoms with Gasteiger partial charge in [0.05, 0.1) is 28.7 Å². The highest BCUT2D eigenvalue weighted by molar-refractivity contribution is 8.00. The number of thioether (sulfide) groups is 1. The number of nitrogens with one attached hydrogen (secondary N) is 2. The first kappa shape index (κ1) is 15.2. The molecule has 0 saturated heterocycles. The number of H-pyrrole nitrogens is 1. The Morgan fingerprint density at radius 1 is 1.26 bits per heavy atom. The quantitative estimate of drug-likeness (QED) is 0.722. The number of carbonyl (C=O) groups is 1. The van der Waals surface area contributed by atoms with Crippen LogP contribution in [0.25, 0.3) is 10.9 Å². The molecule has 2 N–H and O–H groups in total. The number of hydrogen-bond acceptors (Lipinski definition) is 4. The molecule has 0 unspecified atom stereocenters. The molecule has 0 aliphatic heterocycles. The van der Waals surface area contributed by atoms with Gasteiger partial charge in [0.25, 0.3) is 5.56 Å². The van der Waals surface area contributed by atoms with Gasteiger partial charge in [0.1, 0.15) is 5.82 Å². The van der Waals surface area contributed by atoms with E-state index < -0.39 is 5.82 Å². The van der Waals surface area contributed by atoms with E-state index in [-0.39, 0.29) is 33.8 Å². The van der Waals surface area contributed by atoms with Crippen molar-refractivity contribution in [1.82, 2.24) is 9.97 Å². The number of aromatic nitrogens is 2. The van der Waals surface area contributed by atoms with E-state index in [1.165, 1.54) is 24.2 Å². The normalized spacial score (nSPS) is 10.7. The number of fused-ring (bicyclic) bond motifs is 1. The highest BCUT2D eigenvalue weighted by atomic mass is 32.2. The van der Waals surface area contributed by atoms with Crippen LogP contribution in [-0.4, -0.2) is 21.6 Å². The molecule has 0 atom stereocenters. The molecule has 1 aromatic heterocycles. The van der Waals surface area contributed by atoms with Crippen LogP contribution in [0, 0.1) is 5.82 Å². The van der Waals surface area contributed by atoms with Crippen LogP contribution in [0.3, 0.4) is 0 Å². The van der Waals surface area contributed by atoms with Gasteiger partial charge in [-0.3, -0.25) is 9.59 Å². The Morgan fingerprint density at radius 2 is 2.04 bits per heavy atom. The summed E-state index contributed by atoms with van der Waals surface area (Å²) in [7, 11) is 0. The van der Waals surface area contributed by atoms with Crippen LogP contribution in [0.2, 0.25) is 0 Å². The smallest absolute Gasteiger partial charge is 0.258 e. The number of aromatic amines is 1. The number of benzene rings is 2. The van der Waals surface area contributed by atoms with E-state index in [1.54, 1.807) is 0 Å². The number of rotatable bonds is 4. The van der Waals surface area contributed by atoms with Crippen molar-refractivity contribution in [2.75, 3.05) is 11.1 Å². The first-order valence-corrected chi connectivity index (χ1v) is 7.77. The maximum atomic E-state index is 14.0.